The van der Waals surface area contributed by atoms with Crippen LogP contribution in [0.3, 0.4) is 0 Å². The average molecular weight is 396 g/mol. The first-order chi connectivity index (χ1) is 13.6. The molecule has 0 atom stereocenters. The van der Waals surface area contributed by atoms with E-state index in [4.69, 9.17) is 15.2 Å². The van der Waals surface area contributed by atoms with Crippen LogP contribution in [0.2, 0.25) is 0 Å². The fourth-order valence-corrected chi connectivity index (χ4v) is 3.25. The van der Waals surface area contributed by atoms with Crippen molar-refractivity contribution in [3.05, 3.63) is 71.2 Å². The zero-order valence-corrected chi connectivity index (χ0v) is 15.9. The lowest BCUT2D eigenvalue weighted by atomic mass is 10.2. The maximum Gasteiger partial charge on any atom is 0.190 e. The maximum absolute atomic E-state index is 13.8. The standard InChI is InChI=1S/C20H17FN4O2S/c1-26-14-6-4-7-15(9-14)27-11-18-16(10-22)19(23)25-20(24-18)28-12-13-5-2-3-8-17(13)21/h2-9H,11-12H2,1H3,(H2,23,24,25). The fourth-order valence-electron chi connectivity index (χ4n) is 2.39. The van der Waals surface area contributed by atoms with Crippen LogP contribution in [0.25, 0.3) is 0 Å². The average Bonchev–Trinajstić information content (AvgIpc) is 2.71. The van der Waals surface area contributed by atoms with Gasteiger partial charge in [0.15, 0.2) is 5.16 Å². The molecule has 0 aliphatic rings. The van der Waals surface area contributed by atoms with E-state index in [1.54, 1.807) is 49.6 Å². The van der Waals surface area contributed by atoms with Gasteiger partial charge in [0.25, 0.3) is 0 Å². The van der Waals surface area contributed by atoms with Gasteiger partial charge in [0.2, 0.25) is 0 Å². The Morgan fingerprint density at radius 1 is 1.14 bits per heavy atom. The topological polar surface area (TPSA) is 94.1 Å². The molecule has 142 valence electrons. The number of halogens is 1. The number of nitrogens with zero attached hydrogens (tertiary/aromatic N) is 3. The molecular weight excluding hydrogens is 379 g/mol. The lowest BCUT2D eigenvalue weighted by molar-refractivity contribution is 0.297. The van der Waals surface area contributed by atoms with E-state index in [-0.39, 0.29) is 23.8 Å². The first-order valence-corrected chi connectivity index (χ1v) is 9.29. The molecule has 0 aliphatic heterocycles. The Morgan fingerprint density at radius 3 is 2.68 bits per heavy atom. The van der Waals surface area contributed by atoms with Gasteiger partial charge in [0.05, 0.1) is 7.11 Å². The van der Waals surface area contributed by atoms with Crippen LogP contribution in [0.4, 0.5) is 10.2 Å². The van der Waals surface area contributed by atoms with Gasteiger partial charge in [-0.25, -0.2) is 14.4 Å². The third-order valence-electron chi connectivity index (χ3n) is 3.83. The predicted molar refractivity (Wildman–Crippen MR) is 104 cm³/mol. The summed E-state index contributed by atoms with van der Waals surface area (Å²) < 4.78 is 24.7. The highest BCUT2D eigenvalue weighted by molar-refractivity contribution is 7.98. The van der Waals surface area contributed by atoms with E-state index in [0.29, 0.717) is 33.7 Å². The maximum atomic E-state index is 13.8. The third-order valence-corrected chi connectivity index (χ3v) is 4.73. The fraction of sp³-hybridized carbons (Fsp3) is 0.150. The number of ether oxygens (including phenoxy) is 2. The van der Waals surface area contributed by atoms with E-state index in [2.05, 4.69) is 9.97 Å². The Hall–Kier alpha value is -3.31. The molecule has 28 heavy (non-hydrogen) atoms. The van der Waals surface area contributed by atoms with Crippen molar-refractivity contribution < 1.29 is 13.9 Å². The van der Waals surface area contributed by atoms with Crippen LogP contribution in [0, 0.1) is 17.1 Å². The summed E-state index contributed by atoms with van der Waals surface area (Å²) in [5.41, 5.74) is 6.98. The van der Waals surface area contributed by atoms with Crippen LogP contribution in [0.15, 0.2) is 53.7 Å². The monoisotopic (exact) mass is 396 g/mol. The first kappa shape index (κ1) is 19.5. The van der Waals surface area contributed by atoms with Crippen molar-refractivity contribution >= 4 is 17.6 Å². The van der Waals surface area contributed by atoms with Crippen molar-refractivity contribution in [2.75, 3.05) is 12.8 Å². The number of anilines is 1. The van der Waals surface area contributed by atoms with Gasteiger partial charge in [-0.05, 0) is 23.8 Å². The molecule has 0 spiro atoms. The lowest BCUT2D eigenvalue weighted by Crippen LogP contribution is -2.08. The Kier molecular flexibility index (Phi) is 6.29. The minimum atomic E-state index is -0.293. The van der Waals surface area contributed by atoms with Gasteiger partial charge in [0.1, 0.15) is 47.1 Å². The summed E-state index contributed by atoms with van der Waals surface area (Å²) in [5.74, 6) is 1.34. The molecule has 1 aromatic heterocycles. The zero-order valence-electron chi connectivity index (χ0n) is 15.1. The van der Waals surface area contributed by atoms with Gasteiger partial charge in [0, 0.05) is 11.8 Å². The van der Waals surface area contributed by atoms with Crippen LogP contribution in [-0.4, -0.2) is 17.1 Å². The molecule has 0 amide bonds. The van der Waals surface area contributed by atoms with Crippen LogP contribution in [0.5, 0.6) is 11.5 Å². The van der Waals surface area contributed by atoms with Gasteiger partial charge in [-0.1, -0.05) is 36.0 Å². The number of nitrogen functional groups attached to an aromatic ring is 1. The minimum Gasteiger partial charge on any atom is -0.497 e. The van der Waals surface area contributed by atoms with Crippen LogP contribution >= 0.6 is 11.8 Å². The summed E-state index contributed by atoms with van der Waals surface area (Å²) in [7, 11) is 1.57. The molecule has 0 saturated carbocycles. The van der Waals surface area contributed by atoms with Crippen molar-refractivity contribution in [2.45, 2.75) is 17.5 Å². The summed E-state index contributed by atoms with van der Waals surface area (Å²) in [4.78, 5) is 8.52. The molecule has 3 aromatic rings. The molecule has 0 aliphatic carbocycles. The molecule has 0 radical (unpaired) electrons. The second-order valence-electron chi connectivity index (χ2n) is 5.67. The summed E-state index contributed by atoms with van der Waals surface area (Å²) in [5, 5.41) is 9.72. The second-order valence-corrected chi connectivity index (χ2v) is 6.62. The molecule has 0 fully saturated rings. The quantitative estimate of drug-likeness (QED) is 0.477. The molecule has 0 saturated heterocycles. The number of methoxy groups -OCH3 is 1. The highest BCUT2D eigenvalue weighted by Crippen LogP contribution is 2.25. The van der Waals surface area contributed by atoms with Crippen LogP contribution in [0.1, 0.15) is 16.8 Å². The number of hydrogen-bond donors (Lipinski definition) is 1. The zero-order chi connectivity index (χ0) is 19.9. The van der Waals surface area contributed by atoms with Gasteiger partial charge in [-0.2, -0.15) is 5.26 Å². The van der Waals surface area contributed by atoms with E-state index >= 15 is 0 Å². The number of thioether (sulfide) groups is 1. The van der Waals surface area contributed by atoms with E-state index in [1.165, 1.54) is 17.8 Å². The van der Waals surface area contributed by atoms with Gasteiger partial charge < -0.3 is 15.2 Å². The molecule has 2 aromatic carbocycles. The molecule has 0 unspecified atom stereocenters. The Morgan fingerprint density at radius 2 is 1.93 bits per heavy atom. The van der Waals surface area contributed by atoms with Gasteiger partial charge in [-0.15, -0.1) is 0 Å². The van der Waals surface area contributed by atoms with Crippen molar-refractivity contribution in [1.29, 1.82) is 5.26 Å². The van der Waals surface area contributed by atoms with Gasteiger partial charge >= 0.3 is 0 Å². The Bertz CT molecular complexity index is 1020. The Balaban J connectivity index is 1.78. The van der Waals surface area contributed by atoms with E-state index in [0.717, 1.165) is 0 Å². The largest absolute Gasteiger partial charge is 0.497 e. The molecule has 1 heterocycles. The number of nitrogens with two attached hydrogens (primary N) is 1. The van der Waals surface area contributed by atoms with Crippen molar-refractivity contribution in [1.82, 2.24) is 9.97 Å². The molecule has 3 rings (SSSR count). The van der Waals surface area contributed by atoms with E-state index in [9.17, 15) is 9.65 Å². The van der Waals surface area contributed by atoms with E-state index in [1.807, 2.05) is 6.07 Å². The smallest absolute Gasteiger partial charge is 0.190 e. The summed E-state index contributed by atoms with van der Waals surface area (Å²) >= 11 is 1.24. The molecular formula is C20H17FN4O2S. The second kappa shape index (κ2) is 9.06. The SMILES string of the molecule is COc1cccc(OCc2nc(SCc3ccccc3F)nc(N)c2C#N)c1. The normalized spacial score (nSPS) is 10.3. The van der Waals surface area contributed by atoms with Crippen molar-refractivity contribution in [2.24, 2.45) is 0 Å². The molecule has 6 nitrogen and oxygen atoms in total. The molecule has 8 heteroatoms. The van der Waals surface area contributed by atoms with Crippen LogP contribution < -0.4 is 15.2 Å². The number of aromatic nitrogens is 2. The van der Waals surface area contributed by atoms with Crippen LogP contribution in [-0.2, 0) is 12.4 Å². The third kappa shape index (κ3) is 4.69. The number of nitriles is 1. The Labute approximate surface area is 166 Å². The molecule has 2 N–H and O–H groups in total. The highest BCUT2D eigenvalue weighted by Gasteiger charge is 2.14. The summed E-state index contributed by atoms with van der Waals surface area (Å²) in [6.45, 7) is 0.0377. The minimum absolute atomic E-state index is 0.0377. The lowest BCUT2D eigenvalue weighted by Gasteiger charge is -2.11. The number of rotatable bonds is 7. The summed E-state index contributed by atoms with van der Waals surface area (Å²) in [6, 6.07) is 15.6. The summed E-state index contributed by atoms with van der Waals surface area (Å²) in [6.07, 6.45) is 0. The first-order valence-electron chi connectivity index (χ1n) is 8.30. The predicted octanol–water partition coefficient (Wildman–Crippen LogP) is 3.95. The number of hydrogen-bond acceptors (Lipinski definition) is 7. The van der Waals surface area contributed by atoms with Crippen molar-refractivity contribution in [3.63, 3.8) is 0 Å². The number of benzene rings is 2. The van der Waals surface area contributed by atoms with Crippen molar-refractivity contribution in [3.8, 4) is 17.6 Å². The van der Waals surface area contributed by atoms with E-state index < -0.39 is 0 Å². The highest BCUT2D eigenvalue weighted by atomic mass is 32.2. The van der Waals surface area contributed by atoms with Gasteiger partial charge in [-0.3, -0.25) is 0 Å². The molecule has 0 bridgehead atoms.